The maximum Gasteiger partial charge on any atom is 0.0638 e. The number of aromatic amines is 1. The Morgan fingerprint density at radius 3 is 2.78 bits per heavy atom. The Morgan fingerprint density at radius 2 is 2.11 bits per heavy atom. The van der Waals surface area contributed by atoms with Gasteiger partial charge in [0, 0.05) is 30.9 Å². The Kier molecular flexibility index (Phi) is 5.16. The molecule has 2 N–H and O–H groups in total. The summed E-state index contributed by atoms with van der Waals surface area (Å²) in [6.45, 7) is 11.2. The first kappa shape index (κ1) is 13.5. The summed E-state index contributed by atoms with van der Waals surface area (Å²) in [4.78, 5) is 2.47. The van der Waals surface area contributed by atoms with Gasteiger partial charge in [0.05, 0.1) is 18.9 Å². The molecule has 0 unspecified atom stereocenters. The Labute approximate surface area is 109 Å². The number of ether oxygens (including phenoxy) is 1. The highest BCUT2D eigenvalue weighted by Crippen LogP contribution is 2.08. The van der Waals surface area contributed by atoms with E-state index in [0.717, 1.165) is 45.1 Å². The SMILES string of the molecule is Cc1n[nH]c(C)c1CNCCCN1CCOCC1. The molecule has 1 aliphatic rings. The molecule has 0 aromatic carbocycles. The van der Waals surface area contributed by atoms with Crippen LogP contribution in [0.3, 0.4) is 0 Å². The van der Waals surface area contributed by atoms with Gasteiger partial charge < -0.3 is 10.1 Å². The molecule has 0 radical (unpaired) electrons. The number of aromatic nitrogens is 2. The second kappa shape index (κ2) is 6.87. The molecule has 2 heterocycles. The fourth-order valence-electron chi connectivity index (χ4n) is 2.30. The van der Waals surface area contributed by atoms with E-state index in [-0.39, 0.29) is 0 Å². The molecule has 1 aromatic rings. The maximum atomic E-state index is 5.33. The standard InChI is InChI=1S/C13H24N4O/c1-11-13(12(2)16-15-11)10-14-4-3-5-17-6-8-18-9-7-17/h14H,3-10H2,1-2H3,(H,15,16). The zero-order valence-corrected chi connectivity index (χ0v) is 11.5. The lowest BCUT2D eigenvalue weighted by Crippen LogP contribution is -2.37. The monoisotopic (exact) mass is 252 g/mol. The predicted octanol–water partition coefficient (Wildman–Crippen LogP) is 0.838. The van der Waals surface area contributed by atoms with Gasteiger partial charge in [-0.15, -0.1) is 0 Å². The van der Waals surface area contributed by atoms with E-state index in [0.29, 0.717) is 0 Å². The number of hydrogen-bond donors (Lipinski definition) is 2. The highest BCUT2D eigenvalue weighted by atomic mass is 16.5. The molecule has 0 bridgehead atoms. The van der Waals surface area contributed by atoms with Crippen molar-refractivity contribution in [2.24, 2.45) is 0 Å². The van der Waals surface area contributed by atoms with Crippen molar-refractivity contribution in [3.05, 3.63) is 17.0 Å². The van der Waals surface area contributed by atoms with Crippen LogP contribution >= 0.6 is 0 Å². The van der Waals surface area contributed by atoms with E-state index in [1.165, 1.54) is 24.2 Å². The van der Waals surface area contributed by atoms with Gasteiger partial charge in [-0.1, -0.05) is 0 Å². The van der Waals surface area contributed by atoms with Crippen LogP contribution in [0.2, 0.25) is 0 Å². The van der Waals surface area contributed by atoms with Crippen molar-refractivity contribution >= 4 is 0 Å². The Hall–Kier alpha value is -0.910. The van der Waals surface area contributed by atoms with Gasteiger partial charge in [-0.2, -0.15) is 5.10 Å². The average Bonchev–Trinajstić information content (AvgIpc) is 2.71. The third kappa shape index (κ3) is 3.80. The molecule has 0 amide bonds. The largest absolute Gasteiger partial charge is 0.379 e. The molecular weight excluding hydrogens is 228 g/mol. The lowest BCUT2D eigenvalue weighted by Gasteiger charge is -2.26. The minimum atomic E-state index is 0.890. The second-order valence-electron chi connectivity index (χ2n) is 4.90. The van der Waals surface area contributed by atoms with E-state index in [1.54, 1.807) is 0 Å². The lowest BCUT2D eigenvalue weighted by molar-refractivity contribution is 0.0374. The molecule has 1 aromatic heterocycles. The highest BCUT2D eigenvalue weighted by Gasteiger charge is 2.09. The van der Waals surface area contributed by atoms with Crippen LogP contribution in [0.15, 0.2) is 0 Å². The van der Waals surface area contributed by atoms with Crippen LogP contribution in [0.4, 0.5) is 0 Å². The predicted molar refractivity (Wildman–Crippen MR) is 71.6 cm³/mol. The summed E-state index contributed by atoms with van der Waals surface area (Å²) in [6.07, 6.45) is 1.19. The molecule has 102 valence electrons. The fraction of sp³-hybridized carbons (Fsp3) is 0.769. The normalized spacial score (nSPS) is 17.2. The molecule has 0 aliphatic carbocycles. The van der Waals surface area contributed by atoms with E-state index >= 15 is 0 Å². The van der Waals surface area contributed by atoms with E-state index in [2.05, 4.69) is 27.3 Å². The van der Waals surface area contributed by atoms with Crippen molar-refractivity contribution in [2.45, 2.75) is 26.8 Å². The first-order valence-corrected chi connectivity index (χ1v) is 6.78. The van der Waals surface area contributed by atoms with Gasteiger partial charge in [0.25, 0.3) is 0 Å². The number of hydrogen-bond acceptors (Lipinski definition) is 4. The number of nitrogens with zero attached hydrogens (tertiary/aromatic N) is 2. The summed E-state index contributed by atoms with van der Waals surface area (Å²) in [5.74, 6) is 0. The van der Waals surface area contributed by atoms with Crippen LogP contribution < -0.4 is 5.32 Å². The zero-order chi connectivity index (χ0) is 12.8. The first-order valence-electron chi connectivity index (χ1n) is 6.78. The maximum absolute atomic E-state index is 5.33. The summed E-state index contributed by atoms with van der Waals surface area (Å²) in [5.41, 5.74) is 3.59. The number of rotatable bonds is 6. The van der Waals surface area contributed by atoms with Gasteiger partial charge in [-0.25, -0.2) is 0 Å². The van der Waals surface area contributed by atoms with Crippen molar-refractivity contribution in [2.75, 3.05) is 39.4 Å². The van der Waals surface area contributed by atoms with E-state index < -0.39 is 0 Å². The molecule has 2 rings (SSSR count). The fourth-order valence-corrected chi connectivity index (χ4v) is 2.30. The average molecular weight is 252 g/mol. The molecule has 1 saturated heterocycles. The third-order valence-electron chi connectivity index (χ3n) is 3.51. The van der Waals surface area contributed by atoms with E-state index in [9.17, 15) is 0 Å². The van der Waals surface area contributed by atoms with Gasteiger partial charge in [-0.05, 0) is 33.4 Å². The first-order chi connectivity index (χ1) is 8.77. The molecule has 0 saturated carbocycles. The van der Waals surface area contributed by atoms with Crippen molar-refractivity contribution in [1.29, 1.82) is 0 Å². The number of nitrogens with one attached hydrogen (secondary N) is 2. The van der Waals surface area contributed by atoms with Crippen molar-refractivity contribution in [3.8, 4) is 0 Å². The van der Waals surface area contributed by atoms with Crippen LogP contribution in [0, 0.1) is 13.8 Å². The molecule has 0 atom stereocenters. The van der Waals surface area contributed by atoms with Crippen molar-refractivity contribution in [1.82, 2.24) is 20.4 Å². The molecule has 5 nitrogen and oxygen atoms in total. The highest BCUT2D eigenvalue weighted by molar-refractivity contribution is 5.22. The summed E-state index contributed by atoms with van der Waals surface area (Å²) in [6, 6.07) is 0. The quantitative estimate of drug-likeness (QED) is 0.737. The molecule has 18 heavy (non-hydrogen) atoms. The van der Waals surface area contributed by atoms with E-state index in [4.69, 9.17) is 4.74 Å². The van der Waals surface area contributed by atoms with Crippen LogP contribution in [0.5, 0.6) is 0 Å². The number of morpholine rings is 1. The molecule has 5 heteroatoms. The van der Waals surface area contributed by atoms with Crippen LogP contribution in [0.1, 0.15) is 23.4 Å². The van der Waals surface area contributed by atoms with Crippen LogP contribution in [0.25, 0.3) is 0 Å². The van der Waals surface area contributed by atoms with Crippen molar-refractivity contribution in [3.63, 3.8) is 0 Å². The van der Waals surface area contributed by atoms with Gasteiger partial charge in [0.2, 0.25) is 0 Å². The Balaban J connectivity index is 1.58. The molecule has 1 aliphatic heterocycles. The van der Waals surface area contributed by atoms with Gasteiger partial charge in [-0.3, -0.25) is 10.00 Å². The van der Waals surface area contributed by atoms with Crippen LogP contribution in [-0.4, -0.2) is 54.5 Å². The topological polar surface area (TPSA) is 53.2 Å². The zero-order valence-electron chi connectivity index (χ0n) is 11.5. The molecular formula is C13H24N4O. The second-order valence-corrected chi connectivity index (χ2v) is 4.90. The summed E-state index contributed by atoms with van der Waals surface area (Å²) in [7, 11) is 0. The van der Waals surface area contributed by atoms with Gasteiger partial charge >= 0.3 is 0 Å². The summed E-state index contributed by atoms with van der Waals surface area (Å²) < 4.78 is 5.33. The van der Waals surface area contributed by atoms with Crippen molar-refractivity contribution < 1.29 is 4.74 Å². The van der Waals surface area contributed by atoms with Gasteiger partial charge in [0.15, 0.2) is 0 Å². The Morgan fingerprint density at radius 1 is 1.33 bits per heavy atom. The number of H-pyrrole nitrogens is 1. The molecule has 1 fully saturated rings. The van der Waals surface area contributed by atoms with E-state index in [1.807, 2.05) is 6.92 Å². The van der Waals surface area contributed by atoms with Gasteiger partial charge in [0.1, 0.15) is 0 Å². The molecule has 0 spiro atoms. The minimum Gasteiger partial charge on any atom is -0.379 e. The summed E-state index contributed by atoms with van der Waals surface area (Å²) in [5, 5.41) is 10.7. The lowest BCUT2D eigenvalue weighted by atomic mass is 10.2. The summed E-state index contributed by atoms with van der Waals surface area (Å²) >= 11 is 0. The number of aryl methyl sites for hydroxylation is 2. The third-order valence-corrected chi connectivity index (χ3v) is 3.51. The Bertz CT molecular complexity index is 338. The minimum absolute atomic E-state index is 0.890. The smallest absolute Gasteiger partial charge is 0.0638 e. The van der Waals surface area contributed by atoms with Crippen LogP contribution in [-0.2, 0) is 11.3 Å².